The molecule has 0 saturated carbocycles. The molecular weight excluding hydrogens is 511 g/mol. The third kappa shape index (κ3) is 7.06. The Morgan fingerprint density at radius 1 is 1.00 bits per heavy atom. The second kappa shape index (κ2) is 12.6. The lowest BCUT2D eigenvalue weighted by Gasteiger charge is -2.33. The van der Waals surface area contributed by atoms with Crippen molar-refractivity contribution in [1.82, 2.24) is 25.3 Å². The number of aliphatic imine (C=N–C) groups is 1. The number of aromatic nitrogens is 2. The Kier molecular flexibility index (Phi) is 9.55. The van der Waals surface area contributed by atoms with E-state index in [2.05, 4.69) is 74.3 Å². The van der Waals surface area contributed by atoms with Gasteiger partial charge < -0.3 is 10.6 Å². The Morgan fingerprint density at radius 3 is 2.38 bits per heavy atom. The number of nitrogens with zero attached hydrogens (tertiary/aromatic N) is 4. The van der Waals surface area contributed by atoms with Crippen LogP contribution >= 0.6 is 24.0 Å². The van der Waals surface area contributed by atoms with E-state index in [4.69, 9.17) is 0 Å². The van der Waals surface area contributed by atoms with Crippen molar-refractivity contribution < 1.29 is 0 Å². The summed E-state index contributed by atoms with van der Waals surface area (Å²) in [5.74, 6) is 0.886. The number of guanidine groups is 1. The highest BCUT2D eigenvalue weighted by atomic mass is 127. The molecule has 1 aliphatic rings. The number of halogens is 1. The second-order valence-corrected chi connectivity index (χ2v) is 8.06. The molecule has 6 nitrogen and oxygen atoms in total. The zero-order valence-corrected chi connectivity index (χ0v) is 21.0. The molecule has 7 heteroatoms. The summed E-state index contributed by atoms with van der Waals surface area (Å²) in [7, 11) is 1.84. The van der Waals surface area contributed by atoms with Gasteiger partial charge in [0, 0.05) is 45.5 Å². The van der Waals surface area contributed by atoms with E-state index in [1.165, 1.54) is 11.1 Å². The van der Waals surface area contributed by atoms with E-state index in [0.717, 1.165) is 57.1 Å². The highest BCUT2D eigenvalue weighted by molar-refractivity contribution is 14.0. The Bertz CT molecular complexity index is 949. The zero-order valence-electron chi connectivity index (χ0n) is 18.7. The summed E-state index contributed by atoms with van der Waals surface area (Å²) < 4.78 is 1.92. The van der Waals surface area contributed by atoms with Gasteiger partial charge in [-0.1, -0.05) is 48.5 Å². The van der Waals surface area contributed by atoms with Crippen LogP contribution in [0.15, 0.2) is 78.0 Å². The van der Waals surface area contributed by atoms with Crippen LogP contribution in [0, 0.1) is 0 Å². The van der Waals surface area contributed by atoms with E-state index in [-0.39, 0.29) is 24.0 Å². The number of likely N-dealkylation sites (tertiary alicyclic amines) is 1. The molecule has 1 saturated heterocycles. The molecule has 2 heterocycles. The predicted octanol–water partition coefficient (Wildman–Crippen LogP) is 3.86. The quantitative estimate of drug-likeness (QED) is 0.270. The summed E-state index contributed by atoms with van der Waals surface area (Å²) in [5.41, 5.74) is 3.68. The predicted molar refractivity (Wildman–Crippen MR) is 142 cm³/mol. The first kappa shape index (κ1) is 24.3. The lowest BCUT2D eigenvalue weighted by molar-refractivity contribution is 0.198. The minimum absolute atomic E-state index is 0. The molecule has 170 valence electrons. The molecule has 0 atom stereocenters. The van der Waals surface area contributed by atoms with Gasteiger partial charge in [-0.05, 0) is 42.5 Å². The van der Waals surface area contributed by atoms with Gasteiger partial charge in [0.25, 0.3) is 0 Å². The molecule has 2 N–H and O–H groups in total. The Labute approximate surface area is 208 Å². The van der Waals surface area contributed by atoms with E-state index >= 15 is 0 Å². The standard InChI is InChI=1S/C25H32N6.HI/c1-26-25(27-15-12-22-18-28-31(20-22)24-10-6-3-7-11-24)29-23-13-16-30(17-14-23)19-21-8-4-2-5-9-21;/h2-11,18,20,23H,12-17,19H2,1H3,(H2,26,27,29);1H. The molecule has 0 spiro atoms. The monoisotopic (exact) mass is 544 g/mol. The molecule has 3 aromatic rings. The summed E-state index contributed by atoms with van der Waals surface area (Å²) >= 11 is 0. The fourth-order valence-corrected chi connectivity index (χ4v) is 4.00. The Hall–Kier alpha value is -2.39. The number of para-hydroxylation sites is 1. The second-order valence-electron chi connectivity index (χ2n) is 8.06. The molecule has 0 bridgehead atoms. The maximum atomic E-state index is 4.47. The summed E-state index contributed by atoms with van der Waals surface area (Å²) in [6.07, 6.45) is 7.21. The van der Waals surface area contributed by atoms with Crippen LogP contribution in [0.1, 0.15) is 24.0 Å². The van der Waals surface area contributed by atoms with E-state index < -0.39 is 0 Å². The van der Waals surface area contributed by atoms with Crippen LogP contribution in [-0.2, 0) is 13.0 Å². The molecule has 0 amide bonds. The zero-order chi connectivity index (χ0) is 21.3. The molecular formula is C25H33IN6. The van der Waals surface area contributed by atoms with E-state index in [1.807, 2.05) is 36.1 Å². The summed E-state index contributed by atoms with van der Waals surface area (Å²) in [6.45, 7) is 4.09. The fraction of sp³-hybridized carbons (Fsp3) is 0.360. The first-order valence-electron chi connectivity index (χ1n) is 11.1. The van der Waals surface area contributed by atoms with Gasteiger partial charge in [0.1, 0.15) is 0 Å². The van der Waals surface area contributed by atoms with E-state index in [9.17, 15) is 0 Å². The fourth-order valence-electron chi connectivity index (χ4n) is 4.00. The van der Waals surface area contributed by atoms with Gasteiger partial charge in [0.15, 0.2) is 5.96 Å². The van der Waals surface area contributed by atoms with Crippen molar-refractivity contribution in [3.8, 4) is 5.69 Å². The van der Waals surface area contributed by atoms with Gasteiger partial charge in [0.05, 0.1) is 11.9 Å². The number of piperidine rings is 1. The summed E-state index contributed by atoms with van der Waals surface area (Å²) in [5, 5.41) is 11.5. The van der Waals surface area contributed by atoms with Crippen molar-refractivity contribution in [3.05, 3.63) is 84.2 Å². The van der Waals surface area contributed by atoms with Crippen LogP contribution in [0.3, 0.4) is 0 Å². The van der Waals surface area contributed by atoms with Gasteiger partial charge in [-0.25, -0.2) is 4.68 Å². The van der Waals surface area contributed by atoms with Crippen LogP contribution in [-0.4, -0.2) is 53.4 Å². The average molecular weight is 544 g/mol. The number of benzene rings is 2. The first-order chi connectivity index (χ1) is 15.3. The molecule has 0 unspecified atom stereocenters. The van der Waals surface area contributed by atoms with Crippen molar-refractivity contribution in [2.24, 2.45) is 4.99 Å². The van der Waals surface area contributed by atoms with Gasteiger partial charge >= 0.3 is 0 Å². The van der Waals surface area contributed by atoms with Gasteiger partial charge in [-0.3, -0.25) is 9.89 Å². The molecule has 0 radical (unpaired) electrons. The molecule has 2 aromatic carbocycles. The number of nitrogens with one attached hydrogen (secondary N) is 2. The number of hydrogen-bond donors (Lipinski definition) is 2. The van der Waals surface area contributed by atoms with Gasteiger partial charge in [-0.15, -0.1) is 24.0 Å². The van der Waals surface area contributed by atoms with E-state index in [0.29, 0.717) is 6.04 Å². The van der Waals surface area contributed by atoms with Crippen LogP contribution in [0.4, 0.5) is 0 Å². The normalized spacial score (nSPS) is 15.2. The third-order valence-electron chi connectivity index (χ3n) is 5.76. The molecule has 32 heavy (non-hydrogen) atoms. The molecule has 1 aliphatic heterocycles. The number of hydrogen-bond acceptors (Lipinski definition) is 3. The lowest BCUT2D eigenvalue weighted by atomic mass is 10.0. The largest absolute Gasteiger partial charge is 0.356 e. The number of rotatable bonds is 7. The van der Waals surface area contributed by atoms with Gasteiger partial charge in [-0.2, -0.15) is 5.10 Å². The third-order valence-corrected chi connectivity index (χ3v) is 5.76. The van der Waals surface area contributed by atoms with Crippen molar-refractivity contribution in [2.45, 2.75) is 31.8 Å². The average Bonchev–Trinajstić information content (AvgIpc) is 3.30. The van der Waals surface area contributed by atoms with Crippen LogP contribution in [0.5, 0.6) is 0 Å². The van der Waals surface area contributed by atoms with Crippen LogP contribution in [0.25, 0.3) is 5.69 Å². The topological polar surface area (TPSA) is 57.5 Å². The first-order valence-corrected chi connectivity index (χ1v) is 11.1. The molecule has 4 rings (SSSR count). The Morgan fingerprint density at radius 2 is 1.69 bits per heavy atom. The van der Waals surface area contributed by atoms with Crippen LogP contribution in [0.2, 0.25) is 0 Å². The molecule has 1 aromatic heterocycles. The van der Waals surface area contributed by atoms with Crippen molar-refractivity contribution >= 4 is 29.9 Å². The highest BCUT2D eigenvalue weighted by Crippen LogP contribution is 2.14. The summed E-state index contributed by atoms with van der Waals surface area (Å²) in [4.78, 5) is 6.95. The van der Waals surface area contributed by atoms with Gasteiger partial charge in [0.2, 0.25) is 0 Å². The minimum Gasteiger partial charge on any atom is -0.356 e. The Balaban J connectivity index is 0.00000289. The highest BCUT2D eigenvalue weighted by Gasteiger charge is 2.20. The van der Waals surface area contributed by atoms with Crippen molar-refractivity contribution in [3.63, 3.8) is 0 Å². The molecule has 0 aliphatic carbocycles. The maximum Gasteiger partial charge on any atom is 0.191 e. The molecule has 1 fully saturated rings. The summed E-state index contributed by atoms with van der Waals surface area (Å²) in [6, 6.07) is 21.4. The van der Waals surface area contributed by atoms with E-state index in [1.54, 1.807) is 0 Å². The van der Waals surface area contributed by atoms with Crippen molar-refractivity contribution in [1.29, 1.82) is 0 Å². The smallest absolute Gasteiger partial charge is 0.191 e. The SMILES string of the molecule is CN=C(NCCc1cnn(-c2ccccc2)c1)NC1CCN(Cc2ccccc2)CC1.I. The lowest BCUT2D eigenvalue weighted by Crippen LogP contribution is -2.48. The van der Waals surface area contributed by atoms with Crippen LogP contribution < -0.4 is 10.6 Å². The maximum absolute atomic E-state index is 4.47. The van der Waals surface area contributed by atoms with Crippen molar-refractivity contribution in [2.75, 3.05) is 26.7 Å². The minimum atomic E-state index is 0.